The van der Waals surface area contributed by atoms with E-state index < -0.39 is 0 Å². The first-order chi connectivity index (χ1) is 8.29. The Morgan fingerprint density at radius 2 is 2.29 bits per heavy atom. The Morgan fingerprint density at radius 3 is 3.12 bits per heavy atom. The highest BCUT2D eigenvalue weighted by atomic mass is 79.9. The highest BCUT2D eigenvalue weighted by molar-refractivity contribution is 9.10. The van der Waals surface area contributed by atoms with Crippen molar-refractivity contribution in [2.75, 3.05) is 25.1 Å². The summed E-state index contributed by atoms with van der Waals surface area (Å²) < 4.78 is 13.2. The molecule has 1 aromatic carbocycles. The molecule has 1 aliphatic heterocycles. The molecular weight excluding hydrogens is 304 g/mol. The minimum atomic E-state index is 0.595. The fourth-order valence-electron chi connectivity index (χ4n) is 1.76. The molecule has 0 radical (unpaired) electrons. The van der Waals surface area contributed by atoms with Gasteiger partial charge in [-0.3, -0.25) is 0 Å². The van der Waals surface area contributed by atoms with Crippen molar-refractivity contribution in [3.8, 4) is 11.5 Å². The summed E-state index contributed by atoms with van der Waals surface area (Å²) in [6, 6.07) is 1.92. The lowest BCUT2D eigenvalue weighted by molar-refractivity contribution is 0.174. The zero-order chi connectivity index (χ0) is 11.8. The number of ether oxygens (including phenoxy) is 2. The van der Waals surface area contributed by atoms with Gasteiger partial charge in [0.05, 0.1) is 0 Å². The molecule has 0 atom stereocenters. The van der Waals surface area contributed by atoms with E-state index in [0.717, 1.165) is 37.9 Å². The predicted molar refractivity (Wildman–Crippen MR) is 72.5 cm³/mol. The van der Waals surface area contributed by atoms with E-state index >= 15 is 0 Å². The molecule has 1 aromatic heterocycles. The van der Waals surface area contributed by atoms with Gasteiger partial charge in [-0.2, -0.15) is 0 Å². The van der Waals surface area contributed by atoms with Gasteiger partial charge >= 0.3 is 0 Å². The molecule has 3 rings (SSSR count). The number of halogens is 1. The second-order valence-electron chi connectivity index (χ2n) is 3.61. The van der Waals surface area contributed by atoms with Gasteiger partial charge in [-0.1, -0.05) is 11.3 Å². The van der Waals surface area contributed by atoms with Crippen molar-refractivity contribution >= 4 is 42.6 Å². The second-order valence-corrected chi connectivity index (χ2v) is 5.46. The molecule has 90 valence electrons. The molecule has 2 heterocycles. The van der Waals surface area contributed by atoms with Crippen LogP contribution < -0.4 is 14.8 Å². The van der Waals surface area contributed by atoms with Crippen molar-refractivity contribution in [3.63, 3.8) is 0 Å². The number of aromatic nitrogens is 1. The van der Waals surface area contributed by atoms with Crippen LogP contribution in [0.4, 0.5) is 5.13 Å². The fraction of sp³-hybridized carbons (Fsp3) is 0.364. The monoisotopic (exact) mass is 314 g/mol. The van der Waals surface area contributed by atoms with Gasteiger partial charge in [0, 0.05) is 17.1 Å². The van der Waals surface area contributed by atoms with E-state index in [2.05, 4.69) is 33.2 Å². The maximum Gasteiger partial charge on any atom is 0.183 e. The molecule has 0 spiro atoms. The SMILES string of the molecule is CCNc1nc2c(Br)cc3c(c2s1)OCCO3. The van der Waals surface area contributed by atoms with Crippen LogP contribution in [0.1, 0.15) is 6.92 Å². The summed E-state index contributed by atoms with van der Waals surface area (Å²) in [7, 11) is 0. The molecule has 0 fully saturated rings. The Kier molecular flexibility index (Phi) is 2.84. The van der Waals surface area contributed by atoms with Gasteiger partial charge < -0.3 is 14.8 Å². The van der Waals surface area contributed by atoms with Crippen LogP contribution in [-0.2, 0) is 0 Å². The molecule has 0 unspecified atom stereocenters. The Morgan fingerprint density at radius 1 is 1.47 bits per heavy atom. The van der Waals surface area contributed by atoms with E-state index in [1.54, 1.807) is 11.3 Å². The van der Waals surface area contributed by atoms with E-state index in [1.165, 1.54) is 0 Å². The number of fused-ring (bicyclic) bond motifs is 3. The normalized spacial score (nSPS) is 14.0. The lowest BCUT2D eigenvalue weighted by Gasteiger charge is -2.18. The molecule has 17 heavy (non-hydrogen) atoms. The average molecular weight is 315 g/mol. The van der Waals surface area contributed by atoms with Gasteiger partial charge in [0.25, 0.3) is 0 Å². The van der Waals surface area contributed by atoms with Gasteiger partial charge in [-0.25, -0.2) is 4.98 Å². The summed E-state index contributed by atoms with van der Waals surface area (Å²) in [5, 5.41) is 4.13. The number of nitrogens with zero attached hydrogens (tertiary/aromatic N) is 1. The van der Waals surface area contributed by atoms with Crippen LogP contribution in [0, 0.1) is 0 Å². The topological polar surface area (TPSA) is 43.4 Å². The first-order valence-electron chi connectivity index (χ1n) is 5.42. The Bertz CT molecular complexity index is 570. The largest absolute Gasteiger partial charge is 0.486 e. The summed E-state index contributed by atoms with van der Waals surface area (Å²) in [5.74, 6) is 1.61. The fourth-order valence-corrected chi connectivity index (χ4v) is 3.44. The first kappa shape index (κ1) is 11.1. The van der Waals surface area contributed by atoms with E-state index in [4.69, 9.17) is 9.47 Å². The zero-order valence-corrected chi connectivity index (χ0v) is 11.7. The van der Waals surface area contributed by atoms with Gasteiger partial charge in [-0.05, 0) is 22.9 Å². The van der Waals surface area contributed by atoms with Crippen molar-refractivity contribution in [2.24, 2.45) is 0 Å². The highest BCUT2D eigenvalue weighted by Crippen LogP contribution is 2.45. The van der Waals surface area contributed by atoms with Crippen molar-refractivity contribution in [1.82, 2.24) is 4.98 Å². The van der Waals surface area contributed by atoms with Crippen LogP contribution in [0.5, 0.6) is 11.5 Å². The maximum absolute atomic E-state index is 5.68. The molecule has 0 bridgehead atoms. The third kappa shape index (κ3) is 1.85. The number of nitrogens with one attached hydrogen (secondary N) is 1. The molecular formula is C11H11BrN2O2S. The summed E-state index contributed by atoms with van der Waals surface area (Å²) in [6.07, 6.45) is 0. The Hall–Kier alpha value is -1.01. The molecule has 1 N–H and O–H groups in total. The number of rotatable bonds is 2. The van der Waals surface area contributed by atoms with Crippen LogP contribution in [0.15, 0.2) is 10.5 Å². The molecule has 0 amide bonds. The maximum atomic E-state index is 5.68. The van der Waals surface area contributed by atoms with Crippen LogP contribution in [0.2, 0.25) is 0 Å². The van der Waals surface area contributed by atoms with Gasteiger partial charge in [0.15, 0.2) is 16.6 Å². The lowest BCUT2D eigenvalue weighted by atomic mass is 10.3. The number of hydrogen-bond donors (Lipinski definition) is 1. The molecule has 1 aliphatic rings. The smallest absolute Gasteiger partial charge is 0.183 e. The van der Waals surface area contributed by atoms with E-state index in [0.29, 0.717) is 13.2 Å². The summed E-state index contributed by atoms with van der Waals surface area (Å²) in [6.45, 7) is 4.11. The summed E-state index contributed by atoms with van der Waals surface area (Å²) in [5.41, 5.74) is 0.926. The van der Waals surface area contributed by atoms with E-state index in [9.17, 15) is 0 Å². The molecule has 0 saturated carbocycles. The van der Waals surface area contributed by atoms with Gasteiger partial charge in [0.1, 0.15) is 23.4 Å². The van der Waals surface area contributed by atoms with Crippen molar-refractivity contribution in [1.29, 1.82) is 0 Å². The highest BCUT2D eigenvalue weighted by Gasteiger charge is 2.20. The quantitative estimate of drug-likeness (QED) is 0.924. The van der Waals surface area contributed by atoms with Gasteiger partial charge in [-0.15, -0.1) is 0 Å². The van der Waals surface area contributed by atoms with Crippen LogP contribution in [0.3, 0.4) is 0 Å². The predicted octanol–water partition coefficient (Wildman–Crippen LogP) is 3.26. The van der Waals surface area contributed by atoms with Crippen molar-refractivity contribution in [2.45, 2.75) is 6.92 Å². The number of anilines is 1. The van der Waals surface area contributed by atoms with E-state index in [-0.39, 0.29) is 0 Å². The molecule has 4 nitrogen and oxygen atoms in total. The number of benzene rings is 1. The molecule has 0 aliphatic carbocycles. The standard InChI is InChI=1S/C11H11BrN2O2S/c1-2-13-11-14-8-6(12)5-7-9(10(8)17-11)16-4-3-15-7/h5H,2-4H2,1H3,(H,13,14). The minimum Gasteiger partial charge on any atom is -0.486 e. The summed E-state index contributed by atoms with van der Waals surface area (Å²) in [4.78, 5) is 4.54. The molecule has 6 heteroatoms. The average Bonchev–Trinajstić information content (AvgIpc) is 2.74. The minimum absolute atomic E-state index is 0.595. The van der Waals surface area contributed by atoms with Crippen LogP contribution in [-0.4, -0.2) is 24.7 Å². The van der Waals surface area contributed by atoms with Crippen LogP contribution in [0.25, 0.3) is 10.2 Å². The van der Waals surface area contributed by atoms with Gasteiger partial charge in [0.2, 0.25) is 0 Å². The zero-order valence-electron chi connectivity index (χ0n) is 9.25. The summed E-state index contributed by atoms with van der Waals surface area (Å²) >= 11 is 5.11. The van der Waals surface area contributed by atoms with Crippen molar-refractivity contribution in [3.05, 3.63) is 10.5 Å². The third-order valence-corrected chi connectivity index (χ3v) is 4.07. The first-order valence-corrected chi connectivity index (χ1v) is 7.03. The Balaban J connectivity index is 2.21. The Labute approximate surface area is 111 Å². The lowest BCUT2D eigenvalue weighted by Crippen LogP contribution is -2.15. The molecule has 2 aromatic rings. The second kappa shape index (κ2) is 4.34. The van der Waals surface area contributed by atoms with Crippen molar-refractivity contribution < 1.29 is 9.47 Å². The van der Waals surface area contributed by atoms with E-state index in [1.807, 2.05) is 6.07 Å². The van der Waals surface area contributed by atoms with Crippen LogP contribution >= 0.6 is 27.3 Å². The number of thiazole rings is 1. The number of hydrogen-bond acceptors (Lipinski definition) is 5. The third-order valence-electron chi connectivity index (χ3n) is 2.46. The molecule has 0 saturated heterocycles.